The van der Waals surface area contributed by atoms with Crippen LogP contribution in [-0.2, 0) is 22.5 Å². The van der Waals surface area contributed by atoms with Crippen molar-refractivity contribution in [1.29, 1.82) is 0 Å². The number of benzene rings is 1. The SMILES string of the molecule is COC(=O)c1cn([C@H]2C[C@@H](C(=O)NCCc3ccccc3)N(Cc3ccsc3)C2)nn1. The van der Waals surface area contributed by atoms with Gasteiger partial charge in [0.1, 0.15) is 0 Å². The molecule has 1 aliphatic heterocycles. The summed E-state index contributed by atoms with van der Waals surface area (Å²) in [5, 5.41) is 15.2. The molecule has 3 heterocycles. The van der Waals surface area contributed by atoms with E-state index in [0.717, 1.165) is 6.42 Å². The molecule has 0 unspecified atom stereocenters. The number of likely N-dealkylation sites (tertiary alicyclic amines) is 1. The molecular formula is C22H25N5O3S. The number of hydrogen-bond acceptors (Lipinski definition) is 7. The van der Waals surface area contributed by atoms with Gasteiger partial charge < -0.3 is 10.1 Å². The monoisotopic (exact) mass is 439 g/mol. The summed E-state index contributed by atoms with van der Waals surface area (Å²) < 4.78 is 6.39. The molecule has 1 amide bonds. The summed E-state index contributed by atoms with van der Waals surface area (Å²) in [7, 11) is 1.31. The number of carbonyl (C=O) groups excluding carboxylic acids is 2. The average molecular weight is 440 g/mol. The summed E-state index contributed by atoms with van der Waals surface area (Å²) in [4.78, 5) is 26.9. The Labute approximate surface area is 184 Å². The Kier molecular flexibility index (Phi) is 6.73. The smallest absolute Gasteiger partial charge is 0.360 e. The molecule has 31 heavy (non-hydrogen) atoms. The molecule has 3 aromatic rings. The topological polar surface area (TPSA) is 89.4 Å². The predicted octanol–water partition coefficient (Wildman–Crippen LogP) is 2.30. The van der Waals surface area contributed by atoms with E-state index in [1.165, 1.54) is 18.2 Å². The first-order chi connectivity index (χ1) is 15.1. The molecule has 0 bridgehead atoms. The summed E-state index contributed by atoms with van der Waals surface area (Å²) >= 11 is 1.64. The number of thiophene rings is 1. The van der Waals surface area contributed by atoms with Crippen LogP contribution in [0.15, 0.2) is 53.4 Å². The molecule has 8 nitrogen and oxygen atoms in total. The molecule has 1 N–H and O–H groups in total. The van der Waals surface area contributed by atoms with E-state index in [2.05, 4.69) is 44.1 Å². The molecule has 2 atom stereocenters. The van der Waals surface area contributed by atoms with E-state index in [-0.39, 0.29) is 23.7 Å². The fourth-order valence-corrected chi connectivity index (χ4v) is 4.54. The first-order valence-corrected chi connectivity index (χ1v) is 11.1. The molecule has 162 valence electrons. The van der Waals surface area contributed by atoms with E-state index < -0.39 is 5.97 Å². The maximum absolute atomic E-state index is 13.0. The molecule has 0 spiro atoms. The number of hydrogen-bond donors (Lipinski definition) is 1. The number of methoxy groups -OCH3 is 1. The zero-order chi connectivity index (χ0) is 21.6. The Balaban J connectivity index is 1.43. The van der Waals surface area contributed by atoms with Gasteiger partial charge in [-0.2, -0.15) is 11.3 Å². The zero-order valence-electron chi connectivity index (χ0n) is 17.3. The number of nitrogens with one attached hydrogen (secondary N) is 1. The van der Waals surface area contributed by atoms with Crippen LogP contribution in [0.1, 0.15) is 34.1 Å². The Morgan fingerprint density at radius 3 is 2.81 bits per heavy atom. The highest BCUT2D eigenvalue weighted by atomic mass is 32.1. The number of nitrogens with zero attached hydrogens (tertiary/aromatic N) is 4. The van der Waals surface area contributed by atoms with Crippen LogP contribution in [0.5, 0.6) is 0 Å². The summed E-state index contributed by atoms with van der Waals surface area (Å²) in [5.41, 5.74) is 2.55. The van der Waals surface area contributed by atoms with Gasteiger partial charge in [0.15, 0.2) is 5.69 Å². The van der Waals surface area contributed by atoms with Crippen molar-refractivity contribution in [2.24, 2.45) is 0 Å². The van der Waals surface area contributed by atoms with Crippen molar-refractivity contribution in [3.8, 4) is 0 Å². The van der Waals surface area contributed by atoms with E-state index in [9.17, 15) is 9.59 Å². The third kappa shape index (κ3) is 5.18. The normalized spacial score (nSPS) is 18.7. The Morgan fingerprint density at radius 1 is 1.23 bits per heavy atom. The van der Waals surface area contributed by atoms with E-state index in [1.54, 1.807) is 22.2 Å². The number of rotatable bonds is 8. The third-order valence-corrected chi connectivity index (χ3v) is 6.22. The van der Waals surface area contributed by atoms with Crippen LogP contribution in [-0.4, -0.2) is 58.0 Å². The third-order valence-electron chi connectivity index (χ3n) is 5.48. The fourth-order valence-electron chi connectivity index (χ4n) is 3.88. The average Bonchev–Trinajstić information content (AvgIpc) is 3.55. The van der Waals surface area contributed by atoms with E-state index in [0.29, 0.717) is 26.1 Å². The molecule has 1 aromatic carbocycles. The molecule has 1 fully saturated rings. The fraction of sp³-hybridized carbons (Fsp3) is 0.364. The van der Waals surface area contributed by atoms with Gasteiger partial charge in [-0.3, -0.25) is 9.69 Å². The van der Waals surface area contributed by atoms with Crippen molar-refractivity contribution < 1.29 is 14.3 Å². The van der Waals surface area contributed by atoms with Gasteiger partial charge in [-0.05, 0) is 40.8 Å². The van der Waals surface area contributed by atoms with Crippen molar-refractivity contribution in [2.45, 2.75) is 31.5 Å². The van der Waals surface area contributed by atoms with Crippen molar-refractivity contribution in [3.05, 3.63) is 70.2 Å². The van der Waals surface area contributed by atoms with E-state index in [1.807, 2.05) is 23.6 Å². The highest BCUT2D eigenvalue weighted by Crippen LogP contribution is 2.29. The standard InChI is InChI=1S/C22H25N5O3S/c1-30-22(29)19-14-27(25-24-19)18-11-20(26(13-18)12-17-8-10-31-15-17)21(28)23-9-7-16-5-3-2-4-6-16/h2-6,8,10,14-15,18,20H,7,9,11-13H2,1H3,(H,23,28)/t18-,20-/m0/s1. The van der Waals surface area contributed by atoms with Crippen LogP contribution in [0.25, 0.3) is 0 Å². The molecule has 0 aliphatic carbocycles. The van der Waals surface area contributed by atoms with Gasteiger partial charge in [0.05, 0.1) is 25.4 Å². The van der Waals surface area contributed by atoms with Gasteiger partial charge in [0.25, 0.3) is 0 Å². The summed E-state index contributed by atoms with van der Waals surface area (Å²) in [6.07, 6.45) is 2.99. The van der Waals surface area contributed by atoms with Crippen molar-refractivity contribution in [1.82, 2.24) is 25.2 Å². The number of aromatic nitrogens is 3. The second-order valence-electron chi connectivity index (χ2n) is 7.57. The Morgan fingerprint density at radius 2 is 2.06 bits per heavy atom. The number of amides is 1. The Hall–Kier alpha value is -3.04. The van der Waals surface area contributed by atoms with Crippen molar-refractivity contribution in [2.75, 3.05) is 20.2 Å². The zero-order valence-corrected chi connectivity index (χ0v) is 18.1. The Bertz CT molecular complexity index is 1010. The maximum atomic E-state index is 13.0. The summed E-state index contributed by atoms with van der Waals surface area (Å²) in [5.74, 6) is -0.503. The van der Waals surface area contributed by atoms with Gasteiger partial charge in [0, 0.05) is 19.6 Å². The largest absolute Gasteiger partial charge is 0.464 e. The van der Waals surface area contributed by atoms with Crippen LogP contribution >= 0.6 is 11.3 Å². The second-order valence-corrected chi connectivity index (χ2v) is 8.35. The lowest BCUT2D eigenvalue weighted by molar-refractivity contribution is -0.125. The van der Waals surface area contributed by atoms with Crippen LogP contribution in [0, 0.1) is 0 Å². The predicted molar refractivity (Wildman–Crippen MR) is 117 cm³/mol. The molecule has 0 saturated carbocycles. The minimum absolute atomic E-state index is 0.0157. The van der Waals surface area contributed by atoms with Gasteiger partial charge >= 0.3 is 5.97 Å². The van der Waals surface area contributed by atoms with Crippen LogP contribution in [0.3, 0.4) is 0 Å². The molecule has 4 rings (SSSR count). The molecule has 9 heteroatoms. The lowest BCUT2D eigenvalue weighted by Crippen LogP contribution is -2.43. The molecule has 0 radical (unpaired) electrons. The first-order valence-electron chi connectivity index (χ1n) is 10.2. The lowest BCUT2D eigenvalue weighted by Gasteiger charge is -2.23. The number of carbonyl (C=O) groups is 2. The maximum Gasteiger partial charge on any atom is 0.360 e. The molecular weight excluding hydrogens is 414 g/mol. The quantitative estimate of drug-likeness (QED) is 0.542. The van der Waals surface area contributed by atoms with E-state index >= 15 is 0 Å². The molecule has 1 saturated heterocycles. The molecule has 2 aromatic heterocycles. The van der Waals surface area contributed by atoms with Gasteiger partial charge in [-0.1, -0.05) is 35.5 Å². The number of ether oxygens (including phenoxy) is 1. The van der Waals surface area contributed by atoms with Gasteiger partial charge in [-0.15, -0.1) is 5.10 Å². The lowest BCUT2D eigenvalue weighted by atomic mass is 10.1. The molecule has 1 aliphatic rings. The van der Waals surface area contributed by atoms with Crippen molar-refractivity contribution >= 4 is 23.2 Å². The van der Waals surface area contributed by atoms with Crippen LogP contribution in [0.2, 0.25) is 0 Å². The summed E-state index contributed by atoms with van der Waals surface area (Å²) in [6, 6.07) is 11.9. The number of esters is 1. The van der Waals surface area contributed by atoms with Crippen LogP contribution in [0.4, 0.5) is 0 Å². The van der Waals surface area contributed by atoms with Gasteiger partial charge in [-0.25, -0.2) is 9.48 Å². The van der Waals surface area contributed by atoms with Crippen molar-refractivity contribution in [3.63, 3.8) is 0 Å². The minimum Gasteiger partial charge on any atom is -0.464 e. The first kappa shape index (κ1) is 21.2. The highest BCUT2D eigenvalue weighted by molar-refractivity contribution is 7.07. The highest BCUT2D eigenvalue weighted by Gasteiger charge is 2.38. The second kappa shape index (κ2) is 9.84. The minimum atomic E-state index is -0.519. The van der Waals surface area contributed by atoms with Crippen LogP contribution < -0.4 is 5.32 Å². The summed E-state index contributed by atoms with van der Waals surface area (Å²) in [6.45, 7) is 1.93. The van der Waals surface area contributed by atoms with E-state index in [4.69, 9.17) is 4.74 Å². The van der Waals surface area contributed by atoms with Gasteiger partial charge in [0.2, 0.25) is 5.91 Å².